The first-order valence-corrected chi connectivity index (χ1v) is 4.56. The van der Waals surface area contributed by atoms with Gasteiger partial charge < -0.3 is 4.74 Å². The molecule has 2 aliphatic heterocycles. The molecule has 2 unspecified atom stereocenters. The zero-order valence-corrected chi connectivity index (χ0v) is 7.47. The van der Waals surface area contributed by atoms with Crippen LogP contribution >= 0.6 is 0 Å². The summed E-state index contributed by atoms with van der Waals surface area (Å²) in [5.41, 5.74) is 0.128. The monoisotopic (exact) mass is 155 g/mol. The van der Waals surface area contributed by atoms with Gasteiger partial charge >= 0.3 is 0 Å². The summed E-state index contributed by atoms with van der Waals surface area (Å²) in [5, 5.41) is 0. The minimum Gasteiger partial charge on any atom is -0.364 e. The molecule has 2 aliphatic rings. The molecule has 0 radical (unpaired) electrons. The molecule has 2 nitrogen and oxygen atoms in total. The Morgan fingerprint density at radius 1 is 1.36 bits per heavy atom. The largest absolute Gasteiger partial charge is 0.364 e. The molecular weight excluding hydrogens is 138 g/mol. The Hall–Kier alpha value is -0.0800. The van der Waals surface area contributed by atoms with Gasteiger partial charge in [-0.3, -0.25) is 4.90 Å². The van der Waals surface area contributed by atoms with Crippen LogP contribution in [0.1, 0.15) is 32.1 Å². The standard InChI is InChI=1S/C9H17NO/c1-10-8-4-3-6-9(10,11-2)7-5-8/h8H,3-7H2,1-2H3. The maximum absolute atomic E-state index is 5.61. The van der Waals surface area contributed by atoms with Crippen molar-refractivity contribution in [2.75, 3.05) is 14.2 Å². The van der Waals surface area contributed by atoms with E-state index in [0.717, 1.165) is 6.04 Å². The number of hydrogen-bond acceptors (Lipinski definition) is 2. The van der Waals surface area contributed by atoms with Gasteiger partial charge in [-0.05, 0) is 39.2 Å². The van der Waals surface area contributed by atoms with Crippen molar-refractivity contribution in [2.24, 2.45) is 0 Å². The van der Waals surface area contributed by atoms with Gasteiger partial charge in [0.2, 0.25) is 0 Å². The summed E-state index contributed by atoms with van der Waals surface area (Å²) in [5.74, 6) is 0. The van der Waals surface area contributed by atoms with Gasteiger partial charge in [0.25, 0.3) is 0 Å². The van der Waals surface area contributed by atoms with E-state index in [1.807, 2.05) is 7.11 Å². The fourth-order valence-corrected chi connectivity index (χ4v) is 2.70. The molecule has 0 amide bonds. The lowest BCUT2D eigenvalue weighted by molar-refractivity contribution is -0.132. The Morgan fingerprint density at radius 3 is 2.82 bits per heavy atom. The number of ether oxygens (including phenoxy) is 1. The van der Waals surface area contributed by atoms with Crippen LogP contribution in [0, 0.1) is 0 Å². The van der Waals surface area contributed by atoms with Crippen LogP contribution in [0.15, 0.2) is 0 Å². The van der Waals surface area contributed by atoms with E-state index in [9.17, 15) is 0 Å². The summed E-state index contributed by atoms with van der Waals surface area (Å²) < 4.78 is 5.61. The first kappa shape index (κ1) is 7.56. The predicted molar refractivity (Wildman–Crippen MR) is 44.4 cm³/mol. The third kappa shape index (κ3) is 0.926. The van der Waals surface area contributed by atoms with Crippen molar-refractivity contribution in [2.45, 2.75) is 43.9 Å². The lowest BCUT2D eigenvalue weighted by Crippen LogP contribution is -2.48. The van der Waals surface area contributed by atoms with E-state index >= 15 is 0 Å². The number of hydrogen-bond donors (Lipinski definition) is 0. The van der Waals surface area contributed by atoms with Gasteiger partial charge in [0.15, 0.2) is 0 Å². The SMILES string of the molecule is COC12CCCC(CC1)N2C. The van der Waals surface area contributed by atoms with Crippen LogP contribution in [0.5, 0.6) is 0 Å². The van der Waals surface area contributed by atoms with E-state index in [1.165, 1.54) is 32.1 Å². The predicted octanol–water partition coefficient (Wildman–Crippen LogP) is 1.61. The molecule has 2 heteroatoms. The number of rotatable bonds is 1. The molecule has 0 aromatic heterocycles. The van der Waals surface area contributed by atoms with Crippen LogP contribution in [0.25, 0.3) is 0 Å². The van der Waals surface area contributed by atoms with Crippen LogP contribution in [-0.2, 0) is 4.74 Å². The van der Waals surface area contributed by atoms with E-state index in [1.54, 1.807) is 0 Å². The second-order valence-electron chi connectivity index (χ2n) is 3.85. The molecule has 2 bridgehead atoms. The first-order chi connectivity index (χ1) is 5.28. The normalized spacial score (nSPS) is 44.7. The van der Waals surface area contributed by atoms with Gasteiger partial charge in [0.05, 0.1) is 0 Å². The van der Waals surface area contributed by atoms with Crippen molar-refractivity contribution in [3.05, 3.63) is 0 Å². The second kappa shape index (κ2) is 2.46. The summed E-state index contributed by atoms with van der Waals surface area (Å²) >= 11 is 0. The number of piperidine rings is 1. The molecule has 64 valence electrons. The Labute approximate surface area is 68.5 Å². The lowest BCUT2D eigenvalue weighted by atomic mass is 10.0. The summed E-state index contributed by atoms with van der Waals surface area (Å²) in [7, 11) is 4.06. The minimum absolute atomic E-state index is 0.128. The molecule has 2 heterocycles. The molecule has 0 saturated carbocycles. The van der Waals surface area contributed by atoms with E-state index < -0.39 is 0 Å². The Kier molecular flexibility index (Phi) is 1.69. The number of methoxy groups -OCH3 is 1. The quantitative estimate of drug-likeness (QED) is 0.570. The Balaban J connectivity index is 2.19. The van der Waals surface area contributed by atoms with Crippen molar-refractivity contribution in [3.8, 4) is 0 Å². The highest BCUT2D eigenvalue weighted by atomic mass is 16.5. The maximum Gasteiger partial charge on any atom is 0.121 e. The number of nitrogens with zero attached hydrogens (tertiary/aromatic N) is 1. The Bertz CT molecular complexity index is 156. The molecule has 0 aromatic carbocycles. The maximum atomic E-state index is 5.61. The van der Waals surface area contributed by atoms with E-state index in [0.29, 0.717) is 0 Å². The minimum atomic E-state index is 0.128. The molecule has 0 spiro atoms. The van der Waals surface area contributed by atoms with E-state index in [4.69, 9.17) is 4.74 Å². The van der Waals surface area contributed by atoms with Crippen molar-refractivity contribution in [1.82, 2.24) is 4.90 Å². The van der Waals surface area contributed by atoms with Crippen molar-refractivity contribution in [1.29, 1.82) is 0 Å². The van der Waals surface area contributed by atoms with E-state index in [2.05, 4.69) is 11.9 Å². The number of fused-ring (bicyclic) bond motifs is 2. The average Bonchev–Trinajstić information content (AvgIpc) is 2.25. The lowest BCUT2D eigenvalue weighted by Gasteiger charge is -2.41. The van der Waals surface area contributed by atoms with Crippen LogP contribution in [0.3, 0.4) is 0 Å². The van der Waals surface area contributed by atoms with E-state index in [-0.39, 0.29) is 5.72 Å². The van der Waals surface area contributed by atoms with Gasteiger partial charge in [-0.15, -0.1) is 0 Å². The van der Waals surface area contributed by atoms with Crippen molar-refractivity contribution < 1.29 is 4.74 Å². The zero-order chi connectivity index (χ0) is 7.90. The molecule has 0 N–H and O–H groups in total. The van der Waals surface area contributed by atoms with Crippen LogP contribution in [0.4, 0.5) is 0 Å². The highest BCUT2D eigenvalue weighted by Crippen LogP contribution is 2.42. The fraction of sp³-hybridized carbons (Fsp3) is 1.00. The second-order valence-corrected chi connectivity index (χ2v) is 3.85. The highest BCUT2D eigenvalue weighted by molar-refractivity contribution is 4.96. The summed E-state index contributed by atoms with van der Waals surface area (Å²) in [4.78, 5) is 2.44. The smallest absolute Gasteiger partial charge is 0.121 e. The third-order valence-electron chi connectivity index (χ3n) is 3.54. The molecule has 2 atom stereocenters. The summed E-state index contributed by atoms with van der Waals surface area (Å²) in [6.07, 6.45) is 6.54. The molecule has 0 aliphatic carbocycles. The fourth-order valence-electron chi connectivity index (χ4n) is 2.70. The third-order valence-corrected chi connectivity index (χ3v) is 3.54. The molecule has 2 fully saturated rings. The molecule has 11 heavy (non-hydrogen) atoms. The summed E-state index contributed by atoms with van der Waals surface area (Å²) in [6, 6.07) is 0.809. The van der Waals surface area contributed by atoms with Gasteiger partial charge in [-0.1, -0.05) is 0 Å². The topological polar surface area (TPSA) is 12.5 Å². The van der Waals surface area contributed by atoms with Crippen LogP contribution < -0.4 is 0 Å². The van der Waals surface area contributed by atoms with Gasteiger partial charge in [-0.2, -0.15) is 0 Å². The molecule has 2 saturated heterocycles. The average molecular weight is 155 g/mol. The van der Waals surface area contributed by atoms with Crippen molar-refractivity contribution in [3.63, 3.8) is 0 Å². The highest BCUT2D eigenvalue weighted by Gasteiger charge is 2.46. The molecule has 0 aromatic rings. The van der Waals surface area contributed by atoms with Crippen molar-refractivity contribution >= 4 is 0 Å². The van der Waals surface area contributed by atoms with Crippen LogP contribution in [0.2, 0.25) is 0 Å². The Morgan fingerprint density at radius 2 is 2.18 bits per heavy atom. The zero-order valence-electron chi connectivity index (χ0n) is 7.47. The molecular formula is C9H17NO. The van der Waals surface area contributed by atoms with Gasteiger partial charge in [0.1, 0.15) is 5.72 Å². The first-order valence-electron chi connectivity index (χ1n) is 4.56. The van der Waals surface area contributed by atoms with Gasteiger partial charge in [-0.25, -0.2) is 0 Å². The van der Waals surface area contributed by atoms with Crippen LogP contribution in [-0.4, -0.2) is 30.8 Å². The molecule has 2 rings (SSSR count). The summed E-state index contributed by atoms with van der Waals surface area (Å²) in [6.45, 7) is 0. The van der Waals surface area contributed by atoms with Gasteiger partial charge in [0, 0.05) is 13.2 Å².